The van der Waals surface area contributed by atoms with Gasteiger partial charge < -0.3 is 10.2 Å². The van der Waals surface area contributed by atoms with Crippen LogP contribution in [0.15, 0.2) is 40.7 Å². The zero-order valence-corrected chi connectivity index (χ0v) is 15.5. The van der Waals surface area contributed by atoms with Gasteiger partial charge in [-0.2, -0.15) is 0 Å². The molecule has 0 aliphatic carbocycles. The van der Waals surface area contributed by atoms with Gasteiger partial charge in [-0.3, -0.25) is 4.79 Å². The van der Waals surface area contributed by atoms with Gasteiger partial charge in [0.1, 0.15) is 5.82 Å². The van der Waals surface area contributed by atoms with Gasteiger partial charge in [0.15, 0.2) is 5.13 Å². The number of nitrogens with zero attached hydrogens (tertiary/aromatic N) is 2. The summed E-state index contributed by atoms with van der Waals surface area (Å²) in [5.74, 6) is -0.852. The van der Waals surface area contributed by atoms with Gasteiger partial charge in [0.05, 0.1) is 4.90 Å². The van der Waals surface area contributed by atoms with Crippen molar-refractivity contribution in [1.82, 2.24) is 15.0 Å². The van der Waals surface area contributed by atoms with Crippen LogP contribution in [-0.4, -0.2) is 45.0 Å². The largest absolute Gasteiger partial charge is 0.351 e. The van der Waals surface area contributed by atoms with Crippen LogP contribution in [0.2, 0.25) is 0 Å². The zero-order chi connectivity index (χ0) is 18.6. The average molecular weight is 398 g/mol. The van der Waals surface area contributed by atoms with E-state index in [0.29, 0.717) is 6.54 Å². The molecular weight excluding hydrogens is 379 g/mol. The Morgan fingerprint density at radius 3 is 3.00 bits per heavy atom. The monoisotopic (exact) mass is 398 g/mol. The van der Waals surface area contributed by atoms with Crippen molar-refractivity contribution in [2.24, 2.45) is 0 Å². The molecule has 1 aromatic heterocycles. The molecule has 1 aliphatic rings. The van der Waals surface area contributed by atoms with Gasteiger partial charge in [-0.25, -0.2) is 22.5 Å². The molecule has 1 amide bonds. The van der Waals surface area contributed by atoms with E-state index in [1.165, 1.54) is 18.2 Å². The topological polar surface area (TPSA) is 91.4 Å². The maximum atomic E-state index is 13.1. The normalized spacial score (nSPS) is 17.4. The highest BCUT2D eigenvalue weighted by molar-refractivity contribution is 7.89. The molecule has 1 aromatic carbocycles. The molecule has 0 saturated carbocycles. The van der Waals surface area contributed by atoms with Crippen LogP contribution in [0.1, 0.15) is 12.8 Å². The summed E-state index contributed by atoms with van der Waals surface area (Å²) in [5, 5.41) is 5.75. The zero-order valence-electron chi connectivity index (χ0n) is 13.9. The molecule has 1 saturated heterocycles. The van der Waals surface area contributed by atoms with Crippen molar-refractivity contribution in [2.75, 3.05) is 24.5 Å². The second-order valence-electron chi connectivity index (χ2n) is 5.92. The van der Waals surface area contributed by atoms with E-state index in [-0.39, 0.29) is 29.8 Å². The third-order valence-corrected chi connectivity index (χ3v) is 6.28. The maximum absolute atomic E-state index is 13.1. The van der Waals surface area contributed by atoms with Gasteiger partial charge >= 0.3 is 0 Å². The number of thiazole rings is 1. The first kappa shape index (κ1) is 18.7. The fraction of sp³-hybridized carbons (Fsp3) is 0.375. The highest BCUT2D eigenvalue weighted by Crippen LogP contribution is 2.22. The van der Waals surface area contributed by atoms with Crippen LogP contribution in [0.4, 0.5) is 9.52 Å². The number of carbonyl (C=O) groups excluding carboxylic acids is 1. The Kier molecular flexibility index (Phi) is 5.84. The van der Waals surface area contributed by atoms with Gasteiger partial charge in [0, 0.05) is 43.7 Å². The molecule has 7 nitrogen and oxygen atoms in total. The van der Waals surface area contributed by atoms with Crippen LogP contribution < -0.4 is 14.9 Å². The second kappa shape index (κ2) is 8.11. The molecule has 10 heteroatoms. The smallest absolute Gasteiger partial charge is 0.240 e. The van der Waals surface area contributed by atoms with E-state index in [9.17, 15) is 17.6 Å². The van der Waals surface area contributed by atoms with E-state index in [4.69, 9.17) is 0 Å². The third kappa shape index (κ3) is 4.77. The summed E-state index contributed by atoms with van der Waals surface area (Å²) >= 11 is 1.56. The standard InChI is InChI=1S/C16H19FN4O3S2/c17-12-2-1-3-14(10-12)26(23,24)19-6-4-15(22)20-13-5-8-21(11-13)16-18-7-9-25-16/h1-3,7,9-10,13,19H,4-6,8,11H2,(H,20,22)/t13-/m0/s1. The lowest BCUT2D eigenvalue weighted by atomic mass is 10.2. The van der Waals surface area contributed by atoms with Gasteiger partial charge in [-0.05, 0) is 24.6 Å². The van der Waals surface area contributed by atoms with Crippen molar-refractivity contribution in [3.05, 3.63) is 41.7 Å². The number of carbonyl (C=O) groups is 1. The Morgan fingerprint density at radius 2 is 2.27 bits per heavy atom. The summed E-state index contributed by atoms with van der Waals surface area (Å²) in [6, 6.07) is 4.76. The Hall–Kier alpha value is -2.04. The summed E-state index contributed by atoms with van der Waals surface area (Å²) in [7, 11) is -3.83. The SMILES string of the molecule is O=C(CCNS(=O)(=O)c1cccc(F)c1)N[C@H]1CCN(c2nccs2)C1. The highest BCUT2D eigenvalue weighted by atomic mass is 32.2. The van der Waals surface area contributed by atoms with Gasteiger partial charge in [-0.15, -0.1) is 11.3 Å². The number of rotatable bonds is 7. The van der Waals surface area contributed by atoms with E-state index in [2.05, 4.69) is 19.9 Å². The molecule has 2 N–H and O–H groups in total. The number of benzene rings is 1. The summed E-state index contributed by atoms with van der Waals surface area (Å²) in [5.41, 5.74) is 0. The van der Waals surface area contributed by atoms with E-state index < -0.39 is 15.8 Å². The van der Waals surface area contributed by atoms with Gasteiger partial charge in [0.25, 0.3) is 0 Å². The molecule has 0 unspecified atom stereocenters. The number of nitrogens with one attached hydrogen (secondary N) is 2. The molecule has 3 rings (SSSR count). The fourth-order valence-electron chi connectivity index (χ4n) is 2.74. The first-order valence-corrected chi connectivity index (χ1v) is 10.5. The fourth-order valence-corrected chi connectivity index (χ4v) is 4.48. The Balaban J connectivity index is 1.43. The quantitative estimate of drug-likeness (QED) is 0.735. The highest BCUT2D eigenvalue weighted by Gasteiger charge is 2.25. The molecule has 26 heavy (non-hydrogen) atoms. The number of anilines is 1. The molecule has 1 fully saturated rings. The van der Waals surface area contributed by atoms with Crippen molar-refractivity contribution >= 4 is 32.4 Å². The van der Waals surface area contributed by atoms with E-state index in [1.807, 2.05) is 5.38 Å². The summed E-state index contributed by atoms with van der Waals surface area (Å²) in [6.45, 7) is 1.46. The van der Waals surface area contributed by atoms with E-state index in [1.54, 1.807) is 17.5 Å². The molecule has 2 heterocycles. The lowest BCUT2D eigenvalue weighted by Gasteiger charge is -2.16. The summed E-state index contributed by atoms with van der Waals surface area (Å²) < 4.78 is 39.6. The number of hydrogen-bond donors (Lipinski definition) is 2. The van der Waals surface area contributed by atoms with Crippen LogP contribution in [0.5, 0.6) is 0 Å². The molecule has 1 atom stereocenters. The number of halogens is 1. The van der Waals surface area contributed by atoms with E-state index in [0.717, 1.165) is 24.2 Å². The van der Waals surface area contributed by atoms with Crippen LogP contribution in [0, 0.1) is 5.82 Å². The Labute approximate surface area is 155 Å². The lowest BCUT2D eigenvalue weighted by molar-refractivity contribution is -0.121. The molecule has 0 spiro atoms. The van der Waals surface area contributed by atoms with Crippen molar-refractivity contribution in [2.45, 2.75) is 23.8 Å². The minimum atomic E-state index is -3.83. The predicted molar refractivity (Wildman–Crippen MR) is 97.1 cm³/mol. The van der Waals surface area contributed by atoms with Crippen molar-refractivity contribution in [3.63, 3.8) is 0 Å². The second-order valence-corrected chi connectivity index (χ2v) is 8.56. The van der Waals surface area contributed by atoms with Crippen LogP contribution >= 0.6 is 11.3 Å². The average Bonchev–Trinajstić information content (AvgIpc) is 3.26. The van der Waals surface area contributed by atoms with Crippen LogP contribution in [0.25, 0.3) is 0 Å². The molecule has 140 valence electrons. The lowest BCUT2D eigenvalue weighted by Crippen LogP contribution is -2.38. The van der Waals surface area contributed by atoms with Crippen LogP contribution in [-0.2, 0) is 14.8 Å². The van der Waals surface area contributed by atoms with Gasteiger partial charge in [0.2, 0.25) is 15.9 Å². The first-order valence-electron chi connectivity index (χ1n) is 8.13. The van der Waals surface area contributed by atoms with Crippen molar-refractivity contribution < 1.29 is 17.6 Å². The number of hydrogen-bond acceptors (Lipinski definition) is 6. The first-order chi connectivity index (χ1) is 12.4. The molecular formula is C16H19FN4O3S2. The molecule has 0 bridgehead atoms. The summed E-state index contributed by atoms with van der Waals surface area (Å²) in [4.78, 5) is 18.2. The van der Waals surface area contributed by atoms with Crippen LogP contribution in [0.3, 0.4) is 0 Å². The number of amides is 1. The van der Waals surface area contributed by atoms with Crippen molar-refractivity contribution in [1.29, 1.82) is 0 Å². The minimum absolute atomic E-state index is 0.0162. The molecule has 0 radical (unpaired) electrons. The Morgan fingerprint density at radius 1 is 1.42 bits per heavy atom. The minimum Gasteiger partial charge on any atom is -0.351 e. The maximum Gasteiger partial charge on any atom is 0.240 e. The molecule has 1 aliphatic heterocycles. The predicted octanol–water partition coefficient (Wildman–Crippen LogP) is 1.35. The third-order valence-electron chi connectivity index (χ3n) is 3.99. The Bertz CT molecular complexity index is 858. The number of sulfonamides is 1. The number of aromatic nitrogens is 1. The van der Waals surface area contributed by atoms with Crippen molar-refractivity contribution in [3.8, 4) is 0 Å². The summed E-state index contributed by atoms with van der Waals surface area (Å²) in [6.07, 6.45) is 2.58. The van der Waals surface area contributed by atoms with Gasteiger partial charge in [-0.1, -0.05) is 6.07 Å². The van der Waals surface area contributed by atoms with E-state index >= 15 is 0 Å². The molecule has 2 aromatic rings.